The van der Waals surface area contributed by atoms with Gasteiger partial charge in [0.15, 0.2) is 0 Å². The zero-order valence-electron chi connectivity index (χ0n) is 10.7. The van der Waals surface area contributed by atoms with Crippen molar-refractivity contribution in [1.82, 2.24) is 5.32 Å². The summed E-state index contributed by atoms with van der Waals surface area (Å²) in [5, 5.41) is 5.10. The predicted octanol–water partition coefficient (Wildman–Crippen LogP) is 4.15. The summed E-state index contributed by atoms with van der Waals surface area (Å²) in [6, 6.07) is 4.06. The smallest absolute Gasteiger partial charge is 0.229 e. The predicted molar refractivity (Wildman–Crippen MR) is 77.2 cm³/mol. The molecule has 100 valence electrons. The van der Waals surface area contributed by atoms with Crippen molar-refractivity contribution in [2.75, 3.05) is 0 Å². The van der Waals surface area contributed by atoms with Crippen LogP contribution in [-0.2, 0) is 4.79 Å². The molecule has 2 rings (SSSR count). The molecule has 1 fully saturated rings. The highest BCUT2D eigenvalue weighted by atomic mass is 35.5. The normalized spacial score (nSPS) is 27.0. The summed E-state index contributed by atoms with van der Waals surface area (Å²) in [5.41, 5.74) is -0.652. The first-order valence-electron chi connectivity index (χ1n) is 6.00. The first kappa shape index (κ1) is 14.2. The average molecular weight is 306 g/mol. The topological polar surface area (TPSA) is 29.1 Å². The van der Waals surface area contributed by atoms with Gasteiger partial charge in [0.05, 0.1) is 11.5 Å². The number of hydrogen-bond donors (Lipinski definition) is 1. The highest BCUT2D eigenvalue weighted by Crippen LogP contribution is 2.64. The molecule has 1 aromatic heterocycles. The van der Waals surface area contributed by atoms with Gasteiger partial charge in [0, 0.05) is 4.88 Å². The first-order chi connectivity index (χ1) is 8.28. The largest absolute Gasteiger partial charge is 0.348 e. The van der Waals surface area contributed by atoms with Gasteiger partial charge in [-0.2, -0.15) is 0 Å². The highest BCUT2D eigenvalue weighted by Gasteiger charge is 2.68. The fraction of sp³-hybridized carbons (Fsp3) is 0.615. The van der Waals surface area contributed by atoms with Crippen molar-refractivity contribution >= 4 is 40.4 Å². The molecule has 2 atom stereocenters. The molecule has 0 saturated heterocycles. The Morgan fingerprint density at radius 1 is 1.50 bits per heavy atom. The maximum atomic E-state index is 12.3. The molecular formula is C13H17Cl2NOS. The van der Waals surface area contributed by atoms with E-state index < -0.39 is 9.75 Å². The lowest BCUT2D eigenvalue weighted by atomic mass is 10.0. The Hall–Kier alpha value is -0.250. The molecule has 1 aromatic rings. The van der Waals surface area contributed by atoms with Crippen molar-refractivity contribution in [3.05, 3.63) is 22.4 Å². The molecule has 0 radical (unpaired) electrons. The zero-order valence-corrected chi connectivity index (χ0v) is 13.0. The lowest BCUT2D eigenvalue weighted by Crippen LogP contribution is -2.37. The van der Waals surface area contributed by atoms with Gasteiger partial charge in [0.25, 0.3) is 0 Å². The Morgan fingerprint density at radius 2 is 2.11 bits per heavy atom. The maximum absolute atomic E-state index is 12.3. The van der Waals surface area contributed by atoms with Crippen molar-refractivity contribution in [2.24, 2.45) is 11.3 Å². The fourth-order valence-electron chi connectivity index (χ4n) is 1.98. The van der Waals surface area contributed by atoms with E-state index in [1.807, 2.05) is 24.4 Å². The van der Waals surface area contributed by atoms with E-state index in [0.717, 1.165) is 4.88 Å². The van der Waals surface area contributed by atoms with Crippen LogP contribution in [0.4, 0.5) is 0 Å². The second kappa shape index (κ2) is 4.69. The van der Waals surface area contributed by atoms with Gasteiger partial charge in [-0.15, -0.1) is 34.5 Å². The molecule has 5 heteroatoms. The van der Waals surface area contributed by atoms with Crippen molar-refractivity contribution < 1.29 is 4.79 Å². The Kier molecular flexibility index (Phi) is 3.69. The van der Waals surface area contributed by atoms with E-state index >= 15 is 0 Å². The summed E-state index contributed by atoms with van der Waals surface area (Å²) < 4.78 is -0.909. The van der Waals surface area contributed by atoms with Crippen molar-refractivity contribution in [2.45, 2.75) is 37.6 Å². The third kappa shape index (κ3) is 2.40. The molecule has 1 aliphatic rings. The van der Waals surface area contributed by atoms with Gasteiger partial charge in [-0.25, -0.2) is 0 Å². The van der Waals surface area contributed by atoms with E-state index in [0.29, 0.717) is 12.3 Å². The van der Waals surface area contributed by atoms with Gasteiger partial charge < -0.3 is 5.32 Å². The third-order valence-electron chi connectivity index (χ3n) is 3.56. The number of thiophene rings is 1. The SMILES string of the molecule is CC(C)[C@H](NC(=O)[C@@]1(C)CC1(Cl)Cl)c1cccs1. The van der Waals surface area contributed by atoms with Gasteiger partial charge >= 0.3 is 0 Å². The molecule has 1 saturated carbocycles. The summed E-state index contributed by atoms with van der Waals surface area (Å²) in [6.45, 7) is 6.00. The van der Waals surface area contributed by atoms with Crippen LogP contribution in [0, 0.1) is 11.3 Å². The summed E-state index contributed by atoms with van der Waals surface area (Å²) >= 11 is 13.7. The summed E-state index contributed by atoms with van der Waals surface area (Å²) in [5.74, 6) is 0.273. The van der Waals surface area contributed by atoms with Crippen molar-refractivity contribution in [3.63, 3.8) is 0 Å². The number of rotatable bonds is 4. The third-order valence-corrected chi connectivity index (χ3v) is 5.62. The summed E-state index contributed by atoms with van der Waals surface area (Å²) in [7, 11) is 0. The lowest BCUT2D eigenvalue weighted by molar-refractivity contribution is -0.126. The monoisotopic (exact) mass is 305 g/mol. The molecule has 0 spiro atoms. The molecule has 0 bridgehead atoms. The average Bonchev–Trinajstić information content (AvgIpc) is 2.71. The van der Waals surface area contributed by atoms with E-state index in [1.54, 1.807) is 11.3 Å². The van der Waals surface area contributed by atoms with Gasteiger partial charge in [0.1, 0.15) is 4.33 Å². The van der Waals surface area contributed by atoms with Crippen LogP contribution in [0.1, 0.15) is 38.1 Å². The zero-order chi connectivity index (χ0) is 13.6. The van der Waals surface area contributed by atoms with Crippen LogP contribution in [0.15, 0.2) is 17.5 Å². The molecule has 0 aliphatic heterocycles. The van der Waals surface area contributed by atoms with Crippen molar-refractivity contribution in [1.29, 1.82) is 0 Å². The quantitative estimate of drug-likeness (QED) is 0.832. The number of halogens is 2. The van der Waals surface area contributed by atoms with Crippen LogP contribution >= 0.6 is 34.5 Å². The fourth-order valence-corrected chi connectivity index (χ4v) is 3.64. The molecule has 1 aliphatic carbocycles. The minimum Gasteiger partial charge on any atom is -0.348 e. The number of carbonyl (C=O) groups is 1. The van der Waals surface area contributed by atoms with Crippen LogP contribution < -0.4 is 5.32 Å². The van der Waals surface area contributed by atoms with Crippen LogP contribution in [0.25, 0.3) is 0 Å². The van der Waals surface area contributed by atoms with E-state index in [1.165, 1.54) is 0 Å². The second-order valence-corrected chi connectivity index (χ2v) is 7.89. The molecule has 1 heterocycles. The molecule has 0 aromatic carbocycles. The lowest BCUT2D eigenvalue weighted by Gasteiger charge is -2.23. The van der Waals surface area contributed by atoms with Crippen LogP contribution in [-0.4, -0.2) is 10.2 Å². The van der Waals surface area contributed by atoms with E-state index in [4.69, 9.17) is 23.2 Å². The van der Waals surface area contributed by atoms with Crippen LogP contribution in [0.3, 0.4) is 0 Å². The highest BCUT2D eigenvalue weighted by molar-refractivity contribution is 7.10. The van der Waals surface area contributed by atoms with E-state index in [9.17, 15) is 4.79 Å². The molecule has 1 N–H and O–H groups in total. The summed E-state index contributed by atoms with van der Waals surface area (Å²) in [4.78, 5) is 13.4. The van der Waals surface area contributed by atoms with Gasteiger partial charge in [-0.3, -0.25) is 4.79 Å². The van der Waals surface area contributed by atoms with Crippen LogP contribution in [0.2, 0.25) is 0 Å². The Morgan fingerprint density at radius 3 is 2.50 bits per heavy atom. The number of amides is 1. The minimum absolute atomic E-state index is 0.0269. The second-order valence-electron chi connectivity index (χ2n) is 5.42. The van der Waals surface area contributed by atoms with Gasteiger partial charge in [0.2, 0.25) is 5.91 Å². The molecular weight excluding hydrogens is 289 g/mol. The Labute approximate surface area is 122 Å². The van der Waals surface area contributed by atoms with Gasteiger partial charge in [-0.05, 0) is 30.7 Å². The number of nitrogens with one attached hydrogen (secondary N) is 1. The Balaban J connectivity index is 2.10. The first-order valence-corrected chi connectivity index (χ1v) is 7.64. The minimum atomic E-state index is -0.909. The molecule has 0 unspecified atom stereocenters. The maximum Gasteiger partial charge on any atom is 0.229 e. The van der Waals surface area contributed by atoms with Crippen molar-refractivity contribution in [3.8, 4) is 0 Å². The van der Waals surface area contributed by atoms with Crippen LogP contribution in [0.5, 0.6) is 0 Å². The number of hydrogen-bond acceptors (Lipinski definition) is 2. The number of alkyl halides is 2. The molecule has 18 heavy (non-hydrogen) atoms. The van der Waals surface area contributed by atoms with Gasteiger partial charge in [-0.1, -0.05) is 19.9 Å². The Bertz CT molecular complexity index is 444. The molecule has 2 nitrogen and oxygen atoms in total. The summed E-state index contributed by atoms with van der Waals surface area (Å²) in [6.07, 6.45) is 0.518. The molecule has 1 amide bonds. The van der Waals surface area contributed by atoms with E-state index in [2.05, 4.69) is 19.2 Å². The standard InChI is InChI=1S/C13H17Cl2NOS/c1-8(2)10(9-5-4-6-18-9)16-11(17)12(3)7-13(12,14)15/h4-6,8,10H,7H2,1-3H3,(H,16,17)/t10-,12+/m0/s1. The number of carbonyl (C=O) groups excluding carboxylic acids is 1. The van der Waals surface area contributed by atoms with E-state index in [-0.39, 0.29) is 11.9 Å².